The fourth-order valence-corrected chi connectivity index (χ4v) is 1.10. The van der Waals surface area contributed by atoms with Gasteiger partial charge in [0.1, 0.15) is 0 Å². The van der Waals surface area contributed by atoms with Crippen LogP contribution in [0.15, 0.2) is 24.3 Å². The summed E-state index contributed by atoms with van der Waals surface area (Å²) in [5.41, 5.74) is 1.60. The predicted octanol–water partition coefficient (Wildman–Crippen LogP) is 3.10. The van der Waals surface area contributed by atoms with Gasteiger partial charge in [0.25, 0.3) is 0 Å². The second-order valence-electron chi connectivity index (χ2n) is 3.10. The fraction of sp³-hybridized carbons (Fsp3) is 0.308. The van der Waals surface area contributed by atoms with Crippen LogP contribution in [0.1, 0.15) is 37.3 Å². The minimum absolute atomic E-state index is 0.673. The SMILES string of the molecule is CCCCC#Cc1cccc(C#N)c1. The normalized spacial score (nSPS) is 8.57. The third-order valence-corrected chi connectivity index (χ3v) is 1.88. The van der Waals surface area contributed by atoms with E-state index in [1.807, 2.05) is 18.2 Å². The Balaban J connectivity index is 2.66. The molecule has 0 fully saturated rings. The van der Waals surface area contributed by atoms with Gasteiger partial charge in [0.2, 0.25) is 0 Å². The summed E-state index contributed by atoms with van der Waals surface area (Å²) in [6.45, 7) is 2.15. The Hall–Kier alpha value is -1.73. The summed E-state index contributed by atoms with van der Waals surface area (Å²) in [6, 6.07) is 9.50. The molecular weight excluding hydrogens is 170 g/mol. The van der Waals surface area contributed by atoms with Gasteiger partial charge in [0.05, 0.1) is 11.6 Å². The highest BCUT2D eigenvalue weighted by molar-refractivity contribution is 5.41. The number of benzene rings is 1. The van der Waals surface area contributed by atoms with Gasteiger partial charge in [-0.1, -0.05) is 31.3 Å². The van der Waals surface area contributed by atoms with E-state index in [1.54, 1.807) is 6.07 Å². The fourth-order valence-electron chi connectivity index (χ4n) is 1.10. The summed E-state index contributed by atoms with van der Waals surface area (Å²) in [7, 11) is 0. The Kier molecular flexibility index (Phi) is 4.32. The van der Waals surface area contributed by atoms with Crippen LogP contribution in [-0.2, 0) is 0 Å². The Morgan fingerprint density at radius 3 is 2.79 bits per heavy atom. The molecular formula is C13H13N. The predicted molar refractivity (Wildman–Crippen MR) is 57.6 cm³/mol. The highest BCUT2D eigenvalue weighted by Gasteiger charge is 1.89. The standard InChI is InChI=1S/C13H13N/c1-2-3-4-5-7-12-8-6-9-13(10-12)11-14/h6,8-10H,2-4H2,1H3. The lowest BCUT2D eigenvalue weighted by Gasteiger charge is -1.90. The molecule has 0 N–H and O–H groups in total. The summed E-state index contributed by atoms with van der Waals surface area (Å²) in [5, 5.41) is 8.67. The maximum absolute atomic E-state index is 8.67. The molecule has 0 aliphatic heterocycles. The summed E-state index contributed by atoms with van der Waals surface area (Å²) < 4.78 is 0. The van der Waals surface area contributed by atoms with Crippen LogP contribution < -0.4 is 0 Å². The average Bonchev–Trinajstić information content (AvgIpc) is 2.25. The van der Waals surface area contributed by atoms with Gasteiger partial charge >= 0.3 is 0 Å². The zero-order valence-electron chi connectivity index (χ0n) is 8.38. The van der Waals surface area contributed by atoms with E-state index in [1.165, 1.54) is 6.42 Å². The van der Waals surface area contributed by atoms with Crippen molar-refractivity contribution in [3.63, 3.8) is 0 Å². The Bertz CT molecular complexity index is 388. The third kappa shape index (κ3) is 3.33. The van der Waals surface area contributed by atoms with Crippen molar-refractivity contribution >= 4 is 0 Å². The van der Waals surface area contributed by atoms with E-state index < -0.39 is 0 Å². The second-order valence-corrected chi connectivity index (χ2v) is 3.10. The van der Waals surface area contributed by atoms with E-state index in [4.69, 9.17) is 5.26 Å². The molecule has 0 aromatic heterocycles. The molecule has 0 atom stereocenters. The van der Waals surface area contributed by atoms with E-state index in [0.29, 0.717) is 5.56 Å². The van der Waals surface area contributed by atoms with Crippen molar-refractivity contribution < 1.29 is 0 Å². The van der Waals surface area contributed by atoms with Crippen molar-refractivity contribution in [2.24, 2.45) is 0 Å². The number of nitriles is 1. The molecule has 0 saturated carbocycles. The molecule has 0 aliphatic rings. The maximum Gasteiger partial charge on any atom is 0.0992 e. The van der Waals surface area contributed by atoms with Crippen LogP contribution in [0.2, 0.25) is 0 Å². The molecule has 14 heavy (non-hydrogen) atoms. The first-order valence-electron chi connectivity index (χ1n) is 4.86. The summed E-state index contributed by atoms with van der Waals surface area (Å²) in [4.78, 5) is 0. The average molecular weight is 183 g/mol. The molecule has 1 aromatic rings. The number of unbranched alkanes of at least 4 members (excludes halogenated alkanes) is 2. The first-order chi connectivity index (χ1) is 6.86. The van der Waals surface area contributed by atoms with Crippen LogP contribution in [-0.4, -0.2) is 0 Å². The van der Waals surface area contributed by atoms with Crippen molar-refractivity contribution in [2.45, 2.75) is 26.2 Å². The van der Waals surface area contributed by atoms with Crippen LogP contribution in [0.5, 0.6) is 0 Å². The minimum atomic E-state index is 0.673. The molecule has 0 heterocycles. The van der Waals surface area contributed by atoms with E-state index in [9.17, 15) is 0 Å². The summed E-state index contributed by atoms with van der Waals surface area (Å²) >= 11 is 0. The lowest BCUT2D eigenvalue weighted by atomic mass is 10.1. The zero-order valence-corrected chi connectivity index (χ0v) is 8.38. The van der Waals surface area contributed by atoms with Gasteiger partial charge < -0.3 is 0 Å². The van der Waals surface area contributed by atoms with Crippen LogP contribution >= 0.6 is 0 Å². The van der Waals surface area contributed by atoms with Crippen LogP contribution in [0.4, 0.5) is 0 Å². The van der Waals surface area contributed by atoms with Gasteiger partial charge in [0.15, 0.2) is 0 Å². The zero-order chi connectivity index (χ0) is 10.2. The van der Waals surface area contributed by atoms with Gasteiger partial charge in [-0.25, -0.2) is 0 Å². The van der Waals surface area contributed by atoms with E-state index in [-0.39, 0.29) is 0 Å². The Labute approximate surface area is 85.4 Å². The first-order valence-corrected chi connectivity index (χ1v) is 4.86. The molecule has 70 valence electrons. The number of hydrogen-bond acceptors (Lipinski definition) is 1. The van der Waals surface area contributed by atoms with Gasteiger partial charge in [-0.2, -0.15) is 5.26 Å². The molecule has 1 aromatic carbocycles. The van der Waals surface area contributed by atoms with Gasteiger partial charge in [-0.3, -0.25) is 0 Å². The number of hydrogen-bond donors (Lipinski definition) is 0. The van der Waals surface area contributed by atoms with E-state index in [2.05, 4.69) is 24.8 Å². The molecule has 1 nitrogen and oxygen atoms in total. The highest BCUT2D eigenvalue weighted by Crippen LogP contribution is 2.02. The largest absolute Gasteiger partial charge is 0.192 e. The van der Waals surface area contributed by atoms with Crippen LogP contribution in [0.3, 0.4) is 0 Å². The minimum Gasteiger partial charge on any atom is -0.192 e. The topological polar surface area (TPSA) is 23.8 Å². The summed E-state index contributed by atoms with van der Waals surface area (Å²) in [6.07, 6.45) is 3.26. The van der Waals surface area contributed by atoms with Crippen molar-refractivity contribution in [1.29, 1.82) is 5.26 Å². The monoisotopic (exact) mass is 183 g/mol. The lowest BCUT2D eigenvalue weighted by molar-refractivity contribution is 0.828. The second kappa shape index (κ2) is 5.84. The van der Waals surface area contributed by atoms with Crippen molar-refractivity contribution in [3.05, 3.63) is 35.4 Å². The van der Waals surface area contributed by atoms with Crippen molar-refractivity contribution in [2.75, 3.05) is 0 Å². The molecule has 0 unspecified atom stereocenters. The van der Waals surface area contributed by atoms with Crippen LogP contribution in [0.25, 0.3) is 0 Å². The first kappa shape index (κ1) is 10.4. The summed E-state index contributed by atoms with van der Waals surface area (Å²) in [5.74, 6) is 6.15. The van der Waals surface area contributed by atoms with Gasteiger partial charge in [-0.15, -0.1) is 0 Å². The Morgan fingerprint density at radius 1 is 1.29 bits per heavy atom. The van der Waals surface area contributed by atoms with Crippen molar-refractivity contribution in [1.82, 2.24) is 0 Å². The van der Waals surface area contributed by atoms with Gasteiger partial charge in [0, 0.05) is 12.0 Å². The molecule has 1 heteroatoms. The molecule has 0 aliphatic carbocycles. The molecule has 0 spiro atoms. The Morgan fingerprint density at radius 2 is 2.07 bits per heavy atom. The number of rotatable bonds is 2. The number of nitrogens with zero attached hydrogens (tertiary/aromatic N) is 1. The van der Waals surface area contributed by atoms with Crippen LogP contribution in [0, 0.1) is 23.2 Å². The molecule has 1 rings (SSSR count). The maximum atomic E-state index is 8.67. The molecule has 0 radical (unpaired) electrons. The lowest BCUT2D eigenvalue weighted by Crippen LogP contribution is -1.77. The molecule has 0 bridgehead atoms. The highest BCUT2D eigenvalue weighted by atomic mass is 14.2. The molecule has 0 amide bonds. The third-order valence-electron chi connectivity index (χ3n) is 1.88. The molecule has 0 saturated heterocycles. The van der Waals surface area contributed by atoms with Gasteiger partial charge in [-0.05, 0) is 24.6 Å². The van der Waals surface area contributed by atoms with E-state index >= 15 is 0 Å². The van der Waals surface area contributed by atoms with Crippen molar-refractivity contribution in [3.8, 4) is 17.9 Å². The quantitative estimate of drug-likeness (QED) is 0.510. The smallest absolute Gasteiger partial charge is 0.0992 e. The van der Waals surface area contributed by atoms with E-state index in [0.717, 1.165) is 18.4 Å².